The summed E-state index contributed by atoms with van der Waals surface area (Å²) >= 11 is 6.00. The van der Waals surface area contributed by atoms with Crippen molar-refractivity contribution in [1.82, 2.24) is 14.8 Å². The van der Waals surface area contributed by atoms with Crippen LogP contribution in [-0.2, 0) is 6.54 Å². The lowest BCUT2D eigenvalue weighted by Gasteiger charge is -2.43. The molecule has 158 valence electrons. The van der Waals surface area contributed by atoms with Gasteiger partial charge in [0.2, 0.25) is 0 Å². The quantitative estimate of drug-likeness (QED) is 0.762. The molecule has 0 radical (unpaired) electrons. The van der Waals surface area contributed by atoms with Gasteiger partial charge in [0.05, 0.1) is 0 Å². The van der Waals surface area contributed by atoms with Crippen LogP contribution in [0.5, 0.6) is 0 Å². The number of likely N-dealkylation sites (tertiary alicyclic amines) is 1. The topological polar surface area (TPSA) is 54.3 Å². The van der Waals surface area contributed by atoms with Crippen LogP contribution in [0.4, 0.5) is 4.79 Å². The minimum absolute atomic E-state index is 0.0598. The molecule has 0 unspecified atom stereocenters. The summed E-state index contributed by atoms with van der Waals surface area (Å²) in [6.45, 7) is 2.10. The van der Waals surface area contributed by atoms with E-state index in [0.29, 0.717) is 35.6 Å². The fourth-order valence-corrected chi connectivity index (χ4v) is 5.60. The molecule has 1 aromatic heterocycles. The molecule has 3 aliphatic rings. The first kappa shape index (κ1) is 19.7. The molecular formula is C24H28ClN3O2. The van der Waals surface area contributed by atoms with E-state index in [1.807, 2.05) is 39.8 Å². The number of rotatable bonds is 2. The number of carbonyl (C=O) groups is 1. The van der Waals surface area contributed by atoms with Crippen molar-refractivity contribution in [2.45, 2.75) is 57.0 Å². The molecule has 2 fully saturated rings. The van der Waals surface area contributed by atoms with Gasteiger partial charge < -0.3 is 14.8 Å². The van der Waals surface area contributed by atoms with Crippen LogP contribution in [0.1, 0.15) is 50.1 Å². The number of piperidine rings is 1. The molecule has 1 saturated heterocycles. The van der Waals surface area contributed by atoms with E-state index in [-0.39, 0.29) is 17.5 Å². The third-order valence-corrected chi connectivity index (χ3v) is 7.23. The second-order valence-corrected chi connectivity index (χ2v) is 9.52. The maximum absolute atomic E-state index is 13.2. The number of carbonyl (C=O) groups excluding carboxylic acids is 1. The number of pyridine rings is 1. The second kappa shape index (κ2) is 8.10. The first-order chi connectivity index (χ1) is 14.6. The monoisotopic (exact) mass is 425 g/mol. The lowest BCUT2D eigenvalue weighted by Crippen LogP contribution is -2.53. The summed E-state index contributed by atoms with van der Waals surface area (Å²) in [5, 5.41) is 3.92. The number of urea groups is 1. The van der Waals surface area contributed by atoms with Gasteiger partial charge in [0, 0.05) is 47.9 Å². The fraction of sp³-hybridized carbons (Fsp3) is 0.500. The molecule has 2 atom stereocenters. The number of amides is 2. The Labute approximate surface area is 182 Å². The van der Waals surface area contributed by atoms with Crippen LogP contribution in [0.25, 0.3) is 11.1 Å². The van der Waals surface area contributed by atoms with Crippen LogP contribution in [0.2, 0.25) is 5.02 Å². The number of nitrogens with one attached hydrogen (secondary N) is 1. The van der Waals surface area contributed by atoms with Crippen molar-refractivity contribution < 1.29 is 4.79 Å². The average Bonchev–Trinajstić information content (AvgIpc) is 2.76. The van der Waals surface area contributed by atoms with Gasteiger partial charge in [-0.2, -0.15) is 0 Å². The maximum atomic E-state index is 13.2. The zero-order valence-electron chi connectivity index (χ0n) is 17.1. The van der Waals surface area contributed by atoms with E-state index >= 15 is 0 Å². The fourth-order valence-electron chi connectivity index (χ4n) is 5.47. The maximum Gasteiger partial charge on any atom is 0.317 e. The van der Waals surface area contributed by atoms with Gasteiger partial charge in [-0.3, -0.25) is 4.79 Å². The zero-order chi connectivity index (χ0) is 20.7. The van der Waals surface area contributed by atoms with Gasteiger partial charge in [-0.25, -0.2) is 4.79 Å². The molecule has 2 aromatic rings. The standard InChI is InChI=1S/C24H28ClN3O2/c25-19-8-6-17(7-9-19)21-10-11-22-18-12-16(14-28(22)23(21)29)13-27(15-18)24(30)26-20-4-2-1-3-5-20/h6-11,16,18,20H,1-5,12-15H2,(H,26,30)/t16-,18-/m1/s1. The summed E-state index contributed by atoms with van der Waals surface area (Å²) in [6.07, 6.45) is 6.94. The second-order valence-electron chi connectivity index (χ2n) is 9.08. The van der Waals surface area contributed by atoms with Crippen molar-refractivity contribution in [3.8, 4) is 11.1 Å². The van der Waals surface area contributed by atoms with E-state index in [1.165, 1.54) is 19.3 Å². The molecule has 30 heavy (non-hydrogen) atoms. The molecule has 5 nitrogen and oxygen atoms in total. The van der Waals surface area contributed by atoms with Crippen molar-refractivity contribution in [3.05, 3.63) is 57.5 Å². The van der Waals surface area contributed by atoms with Crippen LogP contribution in [0.15, 0.2) is 41.2 Å². The van der Waals surface area contributed by atoms with E-state index in [4.69, 9.17) is 11.6 Å². The lowest BCUT2D eigenvalue weighted by molar-refractivity contribution is 0.127. The molecule has 2 aliphatic heterocycles. The van der Waals surface area contributed by atoms with Gasteiger partial charge in [0.15, 0.2) is 0 Å². The number of hydrogen-bond acceptors (Lipinski definition) is 2. The van der Waals surface area contributed by atoms with Gasteiger partial charge in [-0.05, 0) is 55.0 Å². The van der Waals surface area contributed by atoms with Crippen LogP contribution in [-0.4, -0.2) is 34.6 Å². The predicted octanol–water partition coefficient (Wildman–Crippen LogP) is 4.63. The van der Waals surface area contributed by atoms with E-state index in [1.54, 1.807) is 0 Å². The summed E-state index contributed by atoms with van der Waals surface area (Å²) in [7, 11) is 0. The highest BCUT2D eigenvalue weighted by molar-refractivity contribution is 6.30. The smallest absolute Gasteiger partial charge is 0.317 e. The molecule has 3 heterocycles. The summed E-state index contributed by atoms with van der Waals surface area (Å²) in [5.74, 6) is 0.549. The van der Waals surface area contributed by atoms with Gasteiger partial charge in [-0.1, -0.05) is 43.0 Å². The highest BCUT2D eigenvalue weighted by Gasteiger charge is 2.37. The van der Waals surface area contributed by atoms with Crippen molar-refractivity contribution in [2.75, 3.05) is 13.1 Å². The Kier molecular flexibility index (Phi) is 5.32. The Bertz CT molecular complexity index is 995. The van der Waals surface area contributed by atoms with E-state index in [0.717, 1.165) is 37.1 Å². The number of hydrogen-bond donors (Lipinski definition) is 1. The van der Waals surface area contributed by atoms with Crippen LogP contribution in [0.3, 0.4) is 0 Å². The van der Waals surface area contributed by atoms with E-state index < -0.39 is 0 Å². The van der Waals surface area contributed by atoms with Crippen molar-refractivity contribution in [2.24, 2.45) is 5.92 Å². The SMILES string of the molecule is O=C(NC1CCCCC1)N1C[C@H]2C[C@H](C1)c1ccc(-c3ccc(Cl)cc3)c(=O)n1C2. The van der Waals surface area contributed by atoms with Crippen LogP contribution >= 0.6 is 11.6 Å². The first-order valence-electron chi connectivity index (χ1n) is 11.1. The average molecular weight is 426 g/mol. The summed E-state index contributed by atoms with van der Waals surface area (Å²) in [4.78, 5) is 28.1. The lowest BCUT2D eigenvalue weighted by atomic mass is 9.83. The normalized spacial score (nSPS) is 23.7. The summed E-state index contributed by atoms with van der Waals surface area (Å²) < 4.78 is 1.94. The Balaban J connectivity index is 1.36. The predicted molar refractivity (Wildman–Crippen MR) is 119 cm³/mol. The van der Waals surface area contributed by atoms with Gasteiger partial charge in [0.1, 0.15) is 0 Å². The van der Waals surface area contributed by atoms with Crippen molar-refractivity contribution in [3.63, 3.8) is 0 Å². The van der Waals surface area contributed by atoms with Crippen molar-refractivity contribution in [1.29, 1.82) is 0 Å². The number of aromatic nitrogens is 1. The van der Waals surface area contributed by atoms with Crippen LogP contribution < -0.4 is 10.9 Å². The molecule has 1 N–H and O–H groups in total. The Morgan fingerprint density at radius 1 is 0.967 bits per heavy atom. The number of fused-ring (bicyclic) bond motifs is 4. The van der Waals surface area contributed by atoms with Crippen molar-refractivity contribution >= 4 is 17.6 Å². The third-order valence-electron chi connectivity index (χ3n) is 6.98. The minimum atomic E-state index is 0.0598. The Hall–Kier alpha value is -2.27. The molecule has 2 bridgehead atoms. The molecule has 1 saturated carbocycles. The van der Waals surface area contributed by atoms with Gasteiger partial charge >= 0.3 is 6.03 Å². The summed E-state index contributed by atoms with van der Waals surface area (Å²) in [5.41, 5.74) is 2.72. The van der Waals surface area contributed by atoms with Crippen LogP contribution in [0, 0.1) is 5.92 Å². The molecule has 6 heteroatoms. The zero-order valence-corrected chi connectivity index (χ0v) is 17.9. The Morgan fingerprint density at radius 2 is 1.73 bits per heavy atom. The molecule has 1 aliphatic carbocycles. The number of benzene rings is 1. The Morgan fingerprint density at radius 3 is 2.50 bits per heavy atom. The molecule has 2 amide bonds. The molecule has 5 rings (SSSR count). The molecular weight excluding hydrogens is 398 g/mol. The third kappa shape index (κ3) is 3.76. The molecule has 0 spiro atoms. The van der Waals surface area contributed by atoms with Gasteiger partial charge in [-0.15, -0.1) is 0 Å². The van der Waals surface area contributed by atoms with E-state index in [2.05, 4.69) is 11.4 Å². The number of nitrogens with zero attached hydrogens (tertiary/aromatic N) is 2. The number of halogens is 1. The summed E-state index contributed by atoms with van der Waals surface area (Å²) in [6, 6.07) is 11.8. The first-order valence-corrected chi connectivity index (χ1v) is 11.5. The van der Waals surface area contributed by atoms with E-state index in [9.17, 15) is 9.59 Å². The largest absolute Gasteiger partial charge is 0.335 e. The van der Waals surface area contributed by atoms with Gasteiger partial charge in [0.25, 0.3) is 5.56 Å². The highest BCUT2D eigenvalue weighted by Crippen LogP contribution is 2.36. The molecule has 1 aromatic carbocycles. The highest BCUT2D eigenvalue weighted by atomic mass is 35.5. The minimum Gasteiger partial charge on any atom is -0.335 e.